The molecule has 1 aromatic carbocycles. The summed E-state index contributed by atoms with van der Waals surface area (Å²) in [4.78, 5) is 1.30. The lowest BCUT2D eigenvalue weighted by atomic mass is 10.0. The number of thioether (sulfide) groups is 1. The zero-order valence-electron chi connectivity index (χ0n) is 9.36. The van der Waals surface area contributed by atoms with Crippen LogP contribution < -0.4 is 0 Å². The molecule has 0 fully saturated rings. The van der Waals surface area contributed by atoms with Crippen LogP contribution in [0.25, 0.3) is 0 Å². The van der Waals surface area contributed by atoms with E-state index in [0.29, 0.717) is 12.3 Å². The summed E-state index contributed by atoms with van der Waals surface area (Å²) < 4.78 is 0. The zero-order valence-corrected chi connectivity index (χ0v) is 10.2. The molecule has 0 aliphatic carbocycles. The number of rotatable bonds is 5. The molecule has 0 aromatic heterocycles. The van der Waals surface area contributed by atoms with Gasteiger partial charge in [0.2, 0.25) is 0 Å². The van der Waals surface area contributed by atoms with Crippen LogP contribution >= 0.6 is 11.8 Å². The van der Waals surface area contributed by atoms with E-state index in [2.05, 4.69) is 44.2 Å². The molecule has 1 aromatic rings. The lowest BCUT2D eigenvalue weighted by molar-refractivity contribution is 0.865. The summed E-state index contributed by atoms with van der Waals surface area (Å²) >= 11 is 1.83. The van der Waals surface area contributed by atoms with Gasteiger partial charge in [-0.25, -0.2) is 0 Å². The number of hydrogen-bond acceptors (Lipinski definition) is 2. The average molecular weight is 219 g/mol. The van der Waals surface area contributed by atoms with E-state index in [0.717, 1.165) is 12.2 Å². The highest BCUT2D eigenvalue weighted by molar-refractivity contribution is 7.99. The quantitative estimate of drug-likeness (QED) is 0.547. The molecular weight excluding hydrogens is 202 g/mol. The minimum absolute atomic E-state index is 0.600. The van der Waals surface area contributed by atoms with E-state index in [1.165, 1.54) is 10.5 Å². The van der Waals surface area contributed by atoms with Gasteiger partial charge in [-0.2, -0.15) is 5.26 Å². The van der Waals surface area contributed by atoms with Gasteiger partial charge in [0.15, 0.2) is 0 Å². The largest absolute Gasteiger partial charge is 0.198 e. The molecule has 15 heavy (non-hydrogen) atoms. The van der Waals surface area contributed by atoms with Crippen molar-refractivity contribution in [3.05, 3.63) is 29.8 Å². The molecule has 2 heteroatoms. The molecule has 0 saturated carbocycles. The van der Waals surface area contributed by atoms with Crippen molar-refractivity contribution < 1.29 is 0 Å². The molecule has 1 nitrogen and oxygen atoms in total. The van der Waals surface area contributed by atoms with Crippen molar-refractivity contribution in [1.29, 1.82) is 5.26 Å². The summed E-state index contributed by atoms with van der Waals surface area (Å²) in [5.41, 5.74) is 1.39. The Bertz CT molecular complexity index is 321. The molecule has 0 aliphatic rings. The van der Waals surface area contributed by atoms with Gasteiger partial charge in [-0.3, -0.25) is 0 Å². The summed E-state index contributed by atoms with van der Waals surface area (Å²) in [6.07, 6.45) is 1.64. The maximum absolute atomic E-state index is 8.40. The van der Waals surface area contributed by atoms with E-state index in [4.69, 9.17) is 5.26 Å². The Morgan fingerprint density at radius 3 is 2.47 bits per heavy atom. The normalized spacial score (nSPS) is 10.3. The van der Waals surface area contributed by atoms with Crippen LogP contribution in [0.15, 0.2) is 29.2 Å². The van der Waals surface area contributed by atoms with Crippen LogP contribution in [0.4, 0.5) is 0 Å². The van der Waals surface area contributed by atoms with Crippen molar-refractivity contribution in [2.75, 3.05) is 5.75 Å². The smallest absolute Gasteiger partial charge is 0.0622 e. The Kier molecular flexibility index (Phi) is 5.28. The minimum Gasteiger partial charge on any atom is -0.198 e. The fourth-order valence-electron chi connectivity index (χ4n) is 1.29. The van der Waals surface area contributed by atoms with Crippen LogP contribution in [0.3, 0.4) is 0 Å². The number of nitriles is 1. The molecule has 0 unspecified atom stereocenters. The van der Waals surface area contributed by atoms with Crippen LogP contribution in [-0.2, 0) is 0 Å². The summed E-state index contributed by atoms with van der Waals surface area (Å²) in [5, 5.41) is 8.40. The van der Waals surface area contributed by atoms with Crippen molar-refractivity contribution in [1.82, 2.24) is 0 Å². The number of nitrogens with zero attached hydrogens (tertiary/aromatic N) is 1. The number of unbranched alkanes of at least 4 members (excludes halogenated alkanes) is 1. The number of hydrogen-bond donors (Lipinski definition) is 0. The van der Waals surface area contributed by atoms with E-state index >= 15 is 0 Å². The van der Waals surface area contributed by atoms with Gasteiger partial charge in [0.25, 0.3) is 0 Å². The van der Waals surface area contributed by atoms with Crippen molar-refractivity contribution in [2.24, 2.45) is 0 Å². The first-order valence-corrected chi connectivity index (χ1v) is 6.32. The van der Waals surface area contributed by atoms with E-state index in [1.807, 2.05) is 11.8 Å². The topological polar surface area (TPSA) is 23.8 Å². The third-order valence-electron chi connectivity index (χ3n) is 2.25. The van der Waals surface area contributed by atoms with E-state index < -0.39 is 0 Å². The standard InChI is InChI=1S/C13H17NS/c1-11(2)12-5-7-13(8-6-12)15-10-4-3-9-14/h5-8,11H,3-4,10H2,1-2H3. The summed E-state index contributed by atoms with van der Waals surface area (Å²) in [6.45, 7) is 4.41. The molecule has 80 valence electrons. The fraction of sp³-hybridized carbons (Fsp3) is 0.462. The monoisotopic (exact) mass is 219 g/mol. The highest BCUT2D eigenvalue weighted by Crippen LogP contribution is 2.22. The first-order valence-electron chi connectivity index (χ1n) is 5.33. The Morgan fingerprint density at radius 1 is 1.27 bits per heavy atom. The maximum Gasteiger partial charge on any atom is 0.0622 e. The van der Waals surface area contributed by atoms with Gasteiger partial charge in [0.05, 0.1) is 6.07 Å². The summed E-state index contributed by atoms with van der Waals surface area (Å²) in [6, 6.07) is 10.9. The molecule has 1 rings (SSSR count). The predicted molar refractivity (Wildman–Crippen MR) is 66.1 cm³/mol. The van der Waals surface area contributed by atoms with Gasteiger partial charge in [-0.15, -0.1) is 11.8 Å². The van der Waals surface area contributed by atoms with Gasteiger partial charge in [-0.05, 0) is 35.8 Å². The highest BCUT2D eigenvalue weighted by Gasteiger charge is 1.99. The highest BCUT2D eigenvalue weighted by atomic mass is 32.2. The summed E-state index contributed by atoms with van der Waals surface area (Å²) in [5.74, 6) is 1.64. The van der Waals surface area contributed by atoms with Crippen LogP contribution in [0.5, 0.6) is 0 Å². The summed E-state index contributed by atoms with van der Waals surface area (Å²) in [7, 11) is 0. The van der Waals surface area contributed by atoms with Crippen molar-refractivity contribution >= 4 is 11.8 Å². The van der Waals surface area contributed by atoms with Crippen LogP contribution in [0.1, 0.15) is 38.2 Å². The van der Waals surface area contributed by atoms with Crippen molar-refractivity contribution in [3.63, 3.8) is 0 Å². The third kappa shape index (κ3) is 4.40. The molecular formula is C13H17NS. The lowest BCUT2D eigenvalue weighted by Crippen LogP contribution is -1.86. The van der Waals surface area contributed by atoms with E-state index in [1.54, 1.807) is 0 Å². The molecule has 0 N–H and O–H groups in total. The molecule has 0 atom stereocenters. The Morgan fingerprint density at radius 2 is 1.93 bits per heavy atom. The number of benzene rings is 1. The first kappa shape index (κ1) is 12.1. The lowest BCUT2D eigenvalue weighted by Gasteiger charge is -2.06. The molecule has 0 amide bonds. The second-order valence-electron chi connectivity index (χ2n) is 3.83. The maximum atomic E-state index is 8.40. The Labute approximate surface area is 96.5 Å². The van der Waals surface area contributed by atoms with Gasteiger partial charge in [0, 0.05) is 11.3 Å². The Hall–Kier alpha value is -0.940. The van der Waals surface area contributed by atoms with Crippen molar-refractivity contribution in [2.45, 2.75) is 37.5 Å². The minimum atomic E-state index is 0.600. The molecule has 0 spiro atoms. The molecule has 0 saturated heterocycles. The van der Waals surface area contributed by atoms with E-state index in [9.17, 15) is 0 Å². The third-order valence-corrected chi connectivity index (χ3v) is 3.35. The van der Waals surface area contributed by atoms with Crippen LogP contribution in [-0.4, -0.2) is 5.75 Å². The fourth-order valence-corrected chi connectivity index (χ4v) is 2.14. The van der Waals surface area contributed by atoms with Gasteiger partial charge in [-0.1, -0.05) is 26.0 Å². The Balaban J connectivity index is 2.40. The second-order valence-corrected chi connectivity index (χ2v) is 5.00. The van der Waals surface area contributed by atoms with Gasteiger partial charge < -0.3 is 0 Å². The molecule has 0 heterocycles. The van der Waals surface area contributed by atoms with Gasteiger partial charge in [0.1, 0.15) is 0 Å². The van der Waals surface area contributed by atoms with Crippen molar-refractivity contribution in [3.8, 4) is 6.07 Å². The predicted octanol–water partition coefficient (Wildman–Crippen LogP) is 4.21. The molecule has 0 bridgehead atoms. The molecule has 0 aliphatic heterocycles. The SMILES string of the molecule is CC(C)c1ccc(SCCCC#N)cc1. The molecule has 0 radical (unpaired) electrons. The van der Waals surface area contributed by atoms with Crippen LogP contribution in [0.2, 0.25) is 0 Å². The zero-order chi connectivity index (χ0) is 11.1. The van der Waals surface area contributed by atoms with Crippen LogP contribution in [0, 0.1) is 11.3 Å². The van der Waals surface area contributed by atoms with Gasteiger partial charge >= 0.3 is 0 Å². The second kappa shape index (κ2) is 6.53. The van der Waals surface area contributed by atoms with E-state index in [-0.39, 0.29) is 0 Å². The first-order chi connectivity index (χ1) is 7.24. The average Bonchev–Trinajstić information content (AvgIpc) is 2.25.